The van der Waals surface area contributed by atoms with Crippen LogP contribution in [0.2, 0.25) is 0 Å². The lowest BCUT2D eigenvalue weighted by molar-refractivity contribution is 0.0525. The van der Waals surface area contributed by atoms with Crippen LogP contribution in [-0.4, -0.2) is 36.8 Å². The fraction of sp³-hybridized carbons (Fsp3) is 0.435. The first-order chi connectivity index (χ1) is 14.9. The van der Waals surface area contributed by atoms with Gasteiger partial charge in [-0.3, -0.25) is 0 Å². The van der Waals surface area contributed by atoms with Crippen molar-refractivity contribution < 1.29 is 19.0 Å². The van der Waals surface area contributed by atoms with Crippen molar-refractivity contribution in [1.82, 2.24) is 5.32 Å². The topological polar surface area (TPSA) is 81.5 Å². The Bertz CT molecular complexity index is 818. The Morgan fingerprint density at radius 1 is 0.871 bits per heavy atom. The van der Waals surface area contributed by atoms with Gasteiger partial charge in [-0.25, -0.2) is 4.79 Å². The van der Waals surface area contributed by atoms with Gasteiger partial charge in [0.05, 0.1) is 24.6 Å². The van der Waals surface area contributed by atoms with Crippen molar-refractivity contribution >= 4 is 33.4 Å². The molecule has 0 fully saturated rings. The number of hydrogen-bond donors (Lipinski definition) is 1. The quantitative estimate of drug-likeness (QED) is 0.219. The highest BCUT2D eigenvalue weighted by Crippen LogP contribution is 2.23. The van der Waals surface area contributed by atoms with Crippen molar-refractivity contribution in [3.8, 4) is 11.5 Å². The number of rotatable bonds is 11. The van der Waals surface area contributed by atoms with Crippen LogP contribution in [-0.2, 0) is 4.74 Å². The summed E-state index contributed by atoms with van der Waals surface area (Å²) in [6.45, 7) is 7.15. The average Bonchev–Trinajstić information content (AvgIpc) is 2.73. The van der Waals surface area contributed by atoms with Crippen molar-refractivity contribution in [1.29, 1.82) is 0 Å². The fourth-order valence-electron chi connectivity index (χ4n) is 2.34. The standard InChI is InChI=1S/C23H30BrN3O4/c1-23(2,3)31-22(28)25-15-5-17-30-21-12-8-19(9-13-21)27-26-18-6-10-20(11-7-18)29-16-4-14-24/h6-13H,4-5,14-17H2,1-3H3,(H,25,28). The number of nitrogens with zero attached hydrogens (tertiary/aromatic N) is 2. The zero-order valence-corrected chi connectivity index (χ0v) is 19.9. The third-order valence-electron chi connectivity index (χ3n) is 3.76. The van der Waals surface area contributed by atoms with Crippen LogP contribution in [0.4, 0.5) is 16.2 Å². The first kappa shape index (κ1) is 24.7. The van der Waals surface area contributed by atoms with Crippen LogP contribution in [0.1, 0.15) is 33.6 Å². The number of azo groups is 1. The van der Waals surface area contributed by atoms with E-state index in [1.807, 2.05) is 69.3 Å². The summed E-state index contributed by atoms with van der Waals surface area (Å²) in [4.78, 5) is 11.6. The molecule has 168 valence electrons. The number of nitrogens with one attached hydrogen (secondary N) is 1. The van der Waals surface area contributed by atoms with Crippen LogP contribution in [0.5, 0.6) is 11.5 Å². The minimum atomic E-state index is -0.496. The molecule has 0 spiro atoms. The summed E-state index contributed by atoms with van der Waals surface area (Å²) < 4.78 is 16.5. The van der Waals surface area contributed by atoms with Crippen molar-refractivity contribution in [3.63, 3.8) is 0 Å². The SMILES string of the molecule is CC(C)(C)OC(=O)NCCCOc1ccc(N=Nc2ccc(OCCCBr)cc2)cc1. The van der Waals surface area contributed by atoms with E-state index >= 15 is 0 Å². The minimum absolute atomic E-state index is 0.418. The Hall–Kier alpha value is -2.61. The lowest BCUT2D eigenvalue weighted by Gasteiger charge is -2.19. The van der Waals surface area contributed by atoms with Gasteiger partial charge in [-0.15, -0.1) is 0 Å². The zero-order chi connectivity index (χ0) is 22.5. The second-order valence-corrected chi connectivity index (χ2v) is 8.50. The van der Waals surface area contributed by atoms with Crippen molar-refractivity contribution in [3.05, 3.63) is 48.5 Å². The van der Waals surface area contributed by atoms with Crippen LogP contribution in [0.15, 0.2) is 58.8 Å². The number of carbonyl (C=O) groups is 1. The summed E-state index contributed by atoms with van der Waals surface area (Å²) in [5.74, 6) is 1.56. The third-order valence-corrected chi connectivity index (χ3v) is 4.32. The Morgan fingerprint density at radius 2 is 1.35 bits per heavy atom. The lowest BCUT2D eigenvalue weighted by Crippen LogP contribution is -2.33. The monoisotopic (exact) mass is 491 g/mol. The first-order valence-electron chi connectivity index (χ1n) is 10.3. The highest BCUT2D eigenvalue weighted by atomic mass is 79.9. The number of hydrogen-bond acceptors (Lipinski definition) is 6. The molecule has 1 N–H and O–H groups in total. The molecule has 0 aliphatic heterocycles. The normalized spacial score (nSPS) is 11.4. The van der Waals surface area contributed by atoms with E-state index in [1.54, 1.807) is 0 Å². The van der Waals surface area contributed by atoms with E-state index < -0.39 is 11.7 Å². The predicted molar refractivity (Wildman–Crippen MR) is 125 cm³/mol. The van der Waals surface area contributed by atoms with E-state index in [4.69, 9.17) is 14.2 Å². The molecule has 0 aliphatic rings. The number of alkyl halides is 1. The number of carbonyl (C=O) groups excluding carboxylic acids is 1. The molecule has 2 rings (SSSR count). The molecule has 2 aromatic carbocycles. The van der Waals surface area contributed by atoms with Gasteiger partial charge in [0.2, 0.25) is 0 Å². The molecule has 31 heavy (non-hydrogen) atoms. The van der Waals surface area contributed by atoms with Gasteiger partial charge in [0.1, 0.15) is 17.1 Å². The van der Waals surface area contributed by atoms with Gasteiger partial charge in [-0.05, 0) is 82.1 Å². The van der Waals surface area contributed by atoms with Crippen LogP contribution in [0.25, 0.3) is 0 Å². The van der Waals surface area contributed by atoms with Gasteiger partial charge in [-0.2, -0.15) is 10.2 Å². The van der Waals surface area contributed by atoms with Gasteiger partial charge >= 0.3 is 6.09 Å². The maximum atomic E-state index is 11.6. The molecule has 1 amide bonds. The van der Waals surface area contributed by atoms with E-state index in [0.29, 0.717) is 26.2 Å². The van der Waals surface area contributed by atoms with Crippen molar-refractivity contribution in [2.24, 2.45) is 10.2 Å². The number of alkyl carbamates (subject to hydrolysis) is 1. The first-order valence-corrected chi connectivity index (χ1v) is 11.4. The molecule has 0 aliphatic carbocycles. The summed E-state index contributed by atoms with van der Waals surface area (Å²) in [5.41, 5.74) is 0.993. The highest BCUT2D eigenvalue weighted by Gasteiger charge is 2.15. The molecular formula is C23H30BrN3O4. The highest BCUT2D eigenvalue weighted by molar-refractivity contribution is 9.09. The van der Waals surface area contributed by atoms with Gasteiger partial charge < -0.3 is 19.5 Å². The second-order valence-electron chi connectivity index (χ2n) is 7.71. The molecule has 0 unspecified atom stereocenters. The second kappa shape index (κ2) is 12.9. The fourth-order valence-corrected chi connectivity index (χ4v) is 2.57. The number of ether oxygens (including phenoxy) is 3. The van der Waals surface area contributed by atoms with Gasteiger partial charge in [0.25, 0.3) is 0 Å². The molecule has 0 bridgehead atoms. The summed E-state index contributed by atoms with van der Waals surface area (Å²) in [6.07, 6.45) is 1.22. The van der Waals surface area contributed by atoms with Gasteiger partial charge in [-0.1, -0.05) is 15.9 Å². The minimum Gasteiger partial charge on any atom is -0.494 e. The smallest absolute Gasteiger partial charge is 0.407 e. The number of benzene rings is 2. The predicted octanol–water partition coefficient (Wildman–Crippen LogP) is 6.56. The Morgan fingerprint density at radius 3 is 1.81 bits per heavy atom. The van der Waals surface area contributed by atoms with Crippen molar-refractivity contribution in [2.75, 3.05) is 25.1 Å². The van der Waals surface area contributed by atoms with Crippen molar-refractivity contribution in [2.45, 2.75) is 39.2 Å². The molecule has 0 saturated heterocycles. The summed E-state index contributed by atoms with van der Waals surface area (Å²) >= 11 is 3.38. The Kier molecular flexibility index (Phi) is 10.3. The molecule has 0 saturated carbocycles. The number of amides is 1. The Labute approximate surface area is 192 Å². The summed E-state index contributed by atoms with van der Waals surface area (Å²) in [7, 11) is 0. The van der Waals surface area contributed by atoms with Gasteiger partial charge in [0, 0.05) is 11.9 Å². The zero-order valence-electron chi connectivity index (χ0n) is 18.3. The van der Waals surface area contributed by atoms with Gasteiger partial charge in [0.15, 0.2) is 0 Å². The summed E-state index contributed by atoms with van der Waals surface area (Å²) in [6, 6.07) is 14.9. The largest absolute Gasteiger partial charge is 0.494 e. The molecule has 8 heteroatoms. The average molecular weight is 492 g/mol. The molecule has 0 atom stereocenters. The van der Waals surface area contributed by atoms with E-state index in [0.717, 1.165) is 34.6 Å². The van der Waals surface area contributed by atoms with Crippen LogP contribution < -0.4 is 14.8 Å². The molecule has 0 aromatic heterocycles. The van der Waals surface area contributed by atoms with Crippen LogP contribution >= 0.6 is 15.9 Å². The molecule has 0 heterocycles. The third kappa shape index (κ3) is 10.8. The lowest BCUT2D eigenvalue weighted by atomic mass is 10.2. The number of halogens is 1. The van der Waals surface area contributed by atoms with E-state index in [1.165, 1.54) is 0 Å². The Balaban J connectivity index is 1.70. The maximum absolute atomic E-state index is 11.6. The van der Waals surface area contributed by atoms with E-state index in [9.17, 15) is 4.79 Å². The maximum Gasteiger partial charge on any atom is 0.407 e. The summed E-state index contributed by atoms with van der Waals surface area (Å²) in [5, 5.41) is 12.1. The van der Waals surface area contributed by atoms with E-state index in [-0.39, 0.29) is 0 Å². The van der Waals surface area contributed by atoms with E-state index in [2.05, 4.69) is 31.5 Å². The molecule has 7 nitrogen and oxygen atoms in total. The van der Waals surface area contributed by atoms with Crippen LogP contribution in [0.3, 0.4) is 0 Å². The van der Waals surface area contributed by atoms with Crippen LogP contribution in [0, 0.1) is 0 Å². The molecule has 0 radical (unpaired) electrons. The molecular weight excluding hydrogens is 462 g/mol. The molecule has 2 aromatic rings.